The van der Waals surface area contributed by atoms with Crippen molar-refractivity contribution in [3.63, 3.8) is 0 Å². The zero-order chi connectivity index (χ0) is 20.2. The molecule has 2 aromatic heterocycles. The van der Waals surface area contributed by atoms with Gasteiger partial charge in [-0.15, -0.1) is 0 Å². The van der Waals surface area contributed by atoms with E-state index in [1.807, 2.05) is 0 Å². The Bertz CT molecular complexity index is 934. The summed E-state index contributed by atoms with van der Waals surface area (Å²) in [4.78, 5) is 60.1. The van der Waals surface area contributed by atoms with E-state index in [4.69, 9.17) is 20.3 Å². The van der Waals surface area contributed by atoms with Crippen LogP contribution in [0.3, 0.4) is 0 Å². The van der Waals surface area contributed by atoms with Crippen molar-refractivity contribution in [2.45, 2.75) is 12.3 Å². The van der Waals surface area contributed by atoms with E-state index in [2.05, 4.69) is 23.8 Å². The molecule has 0 aromatic carbocycles. The average Bonchev–Trinajstić information content (AvgIpc) is 2.98. The number of imidazole rings is 1. The zero-order valence-electron chi connectivity index (χ0n) is 14.1. The summed E-state index contributed by atoms with van der Waals surface area (Å²) < 4.78 is 36.1. The van der Waals surface area contributed by atoms with E-state index < -0.39 is 34.6 Å². The quantitative estimate of drug-likeness (QED) is 0.185. The number of fused-ring (bicyclic) bond motifs is 1. The Labute approximate surface area is 178 Å². The molecule has 0 aliphatic heterocycles. The molecule has 18 heteroatoms. The molecule has 0 fully saturated rings. The van der Waals surface area contributed by atoms with Gasteiger partial charge in [0.05, 0.1) is 12.9 Å². The standard InChI is InChI=1S/C10H13N5O10P2.Na/c11-9-8-10(13-4-12-9)15(5-14-8)7(2-17)24-6(1-16)3-23-27(21,22)25-26(18,19)20;/h1-2,4-7H,3H2,(H,21,22)(H2,11,12,13)(H2,18,19,20);. The first-order chi connectivity index (χ1) is 12.6. The number of anilines is 1. The Balaban J connectivity index is 0.00000392. The van der Waals surface area contributed by atoms with Gasteiger partial charge in [0.25, 0.3) is 0 Å². The number of carbonyl (C=O) groups is 2. The summed E-state index contributed by atoms with van der Waals surface area (Å²) in [5.74, 6) is 0.0366. The van der Waals surface area contributed by atoms with Crippen molar-refractivity contribution >= 4 is 74.8 Å². The number of phosphoric ester groups is 1. The minimum Gasteiger partial charge on any atom is -0.382 e. The normalized spacial score (nSPS) is 16.0. The summed E-state index contributed by atoms with van der Waals surface area (Å²) in [5, 5.41) is 0. The second kappa shape index (κ2) is 10.1. The molecule has 3 unspecified atom stereocenters. The van der Waals surface area contributed by atoms with Gasteiger partial charge < -0.3 is 29.9 Å². The number of ether oxygens (including phenoxy) is 1. The molecule has 5 N–H and O–H groups in total. The second-order valence-corrected chi connectivity index (χ2v) is 7.59. The van der Waals surface area contributed by atoms with Gasteiger partial charge in [0.1, 0.15) is 17.9 Å². The van der Waals surface area contributed by atoms with Gasteiger partial charge in [-0.2, -0.15) is 4.31 Å². The molecule has 0 aliphatic carbocycles. The summed E-state index contributed by atoms with van der Waals surface area (Å²) >= 11 is 0. The van der Waals surface area contributed by atoms with Crippen LogP contribution >= 0.6 is 15.6 Å². The number of phosphoric acid groups is 2. The van der Waals surface area contributed by atoms with Crippen molar-refractivity contribution in [1.29, 1.82) is 0 Å². The van der Waals surface area contributed by atoms with Crippen LogP contribution in [0, 0.1) is 0 Å². The molecule has 2 heterocycles. The SMILES string of the molecule is Nc1ncnc2c1ncn2C(C=O)OC(C=O)COP(=O)(O)OP(=O)(O)O.[Na]. The van der Waals surface area contributed by atoms with Crippen LogP contribution in [0.4, 0.5) is 5.82 Å². The summed E-state index contributed by atoms with van der Waals surface area (Å²) in [6.45, 7) is -0.953. The number of carbonyl (C=O) groups excluding carboxylic acids is 2. The number of nitrogens with two attached hydrogens (primary N) is 1. The van der Waals surface area contributed by atoms with Gasteiger partial charge in [-0.3, -0.25) is 13.9 Å². The fourth-order valence-electron chi connectivity index (χ4n) is 1.83. The maximum Gasteiger partial charge on any atom is 0.481 e. The molecule has 2 aromatic rings. The Morgan fingerprint density at radius 2 is 1.86 bits per heavy atom. The van der Waals surface area contributed by atoms with E-state index in [0.717, 1.165) is 17.2 Å². The predicted octanol–water partition coefficient (Wildman–Crippen LogP) is -1.46. The maximum atomic E-state index is 11.4. The van der Waals surface area contributed by atoms with Gasteiger partial charge in [-0.05, 0) is 0 Å². The van der Waals surface area contributed by atoms with E-state index in [-0.39, 0.29) is 59.1 Å². The second-order valence-electron chi connectivity index (χ2n) is 4.76. The van der Waals surface area contributed by atoms with Crippen molar-refractivity contribution in [3.05, 3.63) is 12.7 Å². The van der Waals surface area contributed by atoms with Crippen LogP contribution in [0.5, 0.6) is 0 Å². The number of hydrogen-bond donors (Lipinski definition) is 4. The third-order valence-corrected chi connectivity index (χ3v) is 5.01. The van der Waals surface area contributed by atoms with Crippen LogP contribution in [0.25, 0.3) is 11.2 Å². The van der Waals surface area contributed by atoms with Crippen LogP contribution < -0.4 is 5.73 Å². The van der Waals surface area contributed by atoms with E-state index in [1.54, 1.807) is 0 Å². The number of rotatable bonds is 10. The van der Waals surface area contributed by atoms with Gasteiger partial charge >= 0.3 is 15.6 Å². The van der Waals surface area contributed by atoms with Gasteiger partial charge in [0.15, 0.2) is 30.3 Å². The summed E-state index contributed by atoms with van der Waals surface area (Å²) in [6.07, 6.45) is -0.372. The molecular formula is C10H13N5NaO10P2. The molecule has 3 atom stereocenters. The number of nitrogen functional groups attached to an aromatic ring is 1. The van der Waals surface area contributed by atoms with Crippen LogP contribution in [-0.4, -0.2) is 89.0 Å². The molecule has 0 aliphatic rings. The van der Waals surface area contributed by atoms with E-state index in [1.165, 1.54) is 0 Å². The summed E-state index contributed by atoms with van der Waals surface area (Å²) in [7, 11) is -10.5. The van der Waals surface area contributed by atoms with Crippen LogP contribution in [-0.2, 0) is 32.3 Å². The zero-order valence-corrected chi connectivity index (χ0v) is 17.9. The van der Waals surface area contributed by atoms with Crippen LogP contribution in [0.2, 0.25) is 0 Å². The fraction of sp³-hybridized carbons (Fsp3) is 0.300. The van der Waals surface area contributed by atoms with Crippen LogP contribution in [0.15, 0.2) is 12.7 Å². The summed E-state index contributed by atoms with van der Waals surface area (Å²) in [6, 6.07) is 0. The van der Waals surface area contributed by atoms with Crippen molar-refractivity contribution in [2.75, 3.05) is 12.3 Å². The molecule has 2 rings (SSSR count). The third kappa shape index (κ3) is 6.76. The number of aromatic nitrogens is 4. The first-order valence-electron chi connectivity index (χ1n) is 6.79. The predicted molar refractivity (Wildman–Crippen MR) is 90.4 cm³/mol. The number of aldehydes is 2. The smallest absolute Gasteiger partial charge is 0.382 e. The van der Waals surface area contributed by atoms with Crippen molar-refractivity contribution in [1.82, 2.24) is 19.5 Å². The molecule has 149 valence electrons. The van der Waals surface area contributed by atoms with Gasteiger partial charge in [-0.1, -0.05) is 0 Å². The molecule has 0 saturated heterocycles. The van der Waals surface area contributed by atoms with Gasteiger partial charge in [0.2, 0.25) is 0 Å². The van der Waals surface area contributed by atoms with Crippen LogP contribution in [0.1, 0.15) is 6.23 Å². The van der Waals surface area contributed by atoms with Crippen molar-refractivity contribution < 1.29 is 47.0 Å². The molecular weight excluding hydrogens is 435 g/mol. The van der Waals surface area contributed by atoms with Crippen molar-refractivity contribution in [3.8, 4) is 0 Å². The molecule has 0 bridgehead atoms. The Morgan fingerprint density at radius 3 is 2.43 bits per heavy atom. The topological polar surface area (TPSA) is 226 Å². The Hall–Kier alpha value is -1.09. The first kappa shape index (κ1) is 24.9. The largest absolute Gasteiger partial charge is 0.481 e. The maximum absolute atomic E-state index is 11.4. The van der Waals surface area contributed by atoms with E-state index in [9.17, 15) is 23.6 Å². The van der Waals surface area contributed by atoms with E-state index in [0.29, 0.717) is 0 Å². The summed E-state index contributed by atoms with van der Waals surface area (Å²) in [5.41, 5.74) is 5.90. The molecule has 1 radical (unpaired) electrons. The third-order valence-electron chi connectivity index (χ3n) is 2.86. The number of nitrogens with zero attached hydrogens (tertiary/aromatic N) is 4. The molecule has 0 amide bonds. The molecule has 0 spiro atoms. The fourth-order valence-corrected chi connectivity index (χ4v) is 3.43. The molecule has 0 saturated carbocycles. The van der Waals surface area contributed by atoms with Gasteiger partial charge in [-0.25, -0.2) is 24.1 Å². The minimum atomic E-state index is -5.32. The molecule has 15 nitrogen and oxygen atoms in total. The minimum absolute atomic E-state index is 0. The Morgan fingerprint density at radius 1 is 1.18 bits per heavy atom. The number of hydrogen-bond acceptors (Lipinski definition) is 11. The van der Waals surface area contributed by atoms with Crippen molar-refractivity contribution in [2.24, 2.45) is 0 Å². The van der Waals surface area contributed by atoms with E-state index >= 15 is 0 Å². The molecule has 28 heavy (non-hydrogen) atoms. The average molecular weight is 448 g/mol. The first-order valence-corrected chi connectivity index (χ1v) is 9.82. The Kier molecular flexibility index (Phi) is 8.99. The monoisotopic (exact) mass is 448 g/mol. The van der Waals surface area contributed by atoms with Gasteiger partial charge in [0, 0.05) is 29.6 Å².